The van der Waals surface area contributed by atoms with Crippen LogP contribution >= 0.6 is 11.8 Å². The van der Waals surface area contributed by atoms with Crippen LogP contribution in [0.3, 0.4) is 0 Å². The molecule has 1 aromatic rings. The maximum atomic E-state index is 2.22. The van der Waals surface area contributed by atoms with E-state index in [1.807, 2.05) is 11.8 Å². The van der Waals surface area contributed by atoms with Crippen LogP contribution in [0.4, 0.5) is 0 Å². The topological polar surface area (TPSA) is 0 Å². The molecule has 1 aromatic carbocycles. The van der Waals surface area contributed by atoms with Crippen molar-refractivity contribution in [2.24, 2.45) is 0 Å². The van der Waals surface area contributed by atoms with Crippen molar-refractivity contribution in [3.8, 4) is 0 Å². The summed E-state index contributed by atoms with van der Waals surface area (Å²) in [7, 11) is 0. The average molecular weight is 206 g/mol. The number of benzene rings is 1. The van der Waals surface area contributed by atoms with Gasteiger partial charge in [0.05, 0.1) is 0 Å². The minimum absolute atomic E-state index is 1.11. The molecule has 1 rings (SSSR count). The highest BCUT2D eigenvalue weighted by atomic mass is 32.2. The molecule has 0 aliphatic carbocycles. The van der Waals surface area contributed by atoms with Gasteiger partial charge in [-0.25, -0.2) is 0 Å². The number of hydrogen-bond acceptors (Lipinski definition) is 1. The first-order chi connectivity index (χ1) is 6.69. The first-order valence-electron chi connectivity index (χ1n) is 4.99. The highest BCUT2D eigenvalue weighted by Gasteiger charge is 2.01. The fourth-order valence-electron chi connectivity index (χ4n) is 1.50. The normalized spacial score (nSPS) is 10.0. The molecule has 14 heavy (non-hydrogen) atoms. The Morgan fingerprint density at radius 1 is 1.14 bits per heavy atom. The Bertz CT molecular complexity index is 316. The summed E-state index contributed by atoms with van der Waals surface area (Å²) >= 11 is 1.82. The van der Waals surface area contributed by atoms with Gasteiger partial charge in [-0.05, 0) is 37.7 Å². The van der Waals surface area contributed by atoms with E-state index in [2.05, 4.69) is 51.3 Å². The molecule has 0 atom stereocenters. The van der Waals surface area contributed by atoms with Crippen LogP contribution in [0.5, 0.6) is 0 Å². The Morgan fingerprint density at radius 2 is 1.71 bits per heavy atom. The molecule has 0 N–H and O–H groups in total. The molecular weight excluding hydrogens is 188 g/mol. The second-order valence-corrected chi connectivity index (χ2v) is 4.40. The number of thioether (sulfide) groups is 1. The number of hydrogen-bond donors (Lipinski definition) is 0. The maximum absolute atomic E-state index is 2.22. The molecule has 0 radical (unpaired) electrons. The zero-order valence-corrected chi connectivity index (χ0v) is 10.2. The van der Waals surface area contributed by atoms with Gasteiger partial charge in [-0.1, -0.05) is 36.8 Å². The zero-order chi connectivity index (χ0) is 10.6. The molecule has 0 aliphatic heterocycles. The molecular formula is C13H18S. The summed E-state index contributed by atoms with van der Waals surface area (Å²) < 4.78 is 0. The van der Waals surface area contributed by atoms with Gasteiger partial charge >= 0.3 is 0 Å². The van der Waals surface area contributed by atoms with E-state index in [1.54, 1.807) is 0 Å². The summed E-state index contributed by atoms with van der Waals surface area (Å²) in [5.41, 5.74) is 4.14. The van der Waals surface area contributed by atoms with E-state index >= 15 is 0 Å². The lowest BCUT2D eigenvalue weighted by Crippen LogP contribution is -1.84. The molecule has 0 heterocycles. The van der Waals surface area contributed by atoms with Gasteiger partial charge in [-0.2, -0.15) is 0 Å². The number of allylic oxidation sites excluding steroid dienone is 1. The summed E-state index contributed by atoms with van der Waals surface area (Å²) in [5, 5.41) is 0. The minimum Gasteiger partial charge on any atom is -0.129 e. The van der Waals surface area contributed by atoms with Crippen molar-refractivity contribution in [2.45, 2.75) is 27.2 Å². The Morgan fingerprint density at radius 3 is 2.07 bits per heavy atom. The van der Waals surface area contributed by atoms with Crippen molar-refractivity contribution in [3.05, 3.63) is 41.0 Å². The third kappa shape index (κ3) is 2.65. The Kier molecular flexibility index (Phi) is 4.27. The maximum Gasteiger partial charge on any atom is 0.0128 e. The van der Waals surface area contributed by atoms with Gasteiger partial charge in [-0.15, -0.1) is 11.8 Å². The van der Waals surface area contributed by atoms with Crippen LogP contribution in [0.1, 0.15) is 31.9 Å². The smallest absolute Gasteiger partial charge is 0.0128 e. The van der Waals surface area contributed by atoms with Gasteiger partial charge in [0.25, 0.3) is 0 Å². The van der Waals surface area contributed by atoms with Crippen LogP contribution in [0.15, 0.2) is 29.8 Å². The van der Waals surface area contributed by atoms with Crippen LogP contribution in [-0.2, 0) is 6.42 Å². The second-order valence-electron chi connectivity index (χ2n) is 3.58. The van der Waals surface area contributed by atoms with E-state index in [9.17, 15) is 0 Å². The van der Waals surface area contributed by atoms with Crippen molar-refractivity contribution >= 4 is 16.7 Å². The molecule has 0 aromatic heterocycles. The summed E-state index contributed by atoms with van der Waals surface area (Å²) in [5.74, 6) is 0. The van der Waals surface area contributed by atoms with E-state index < -0.39 is 0 Å². The SMILES string of the molecule is CCc1ccc(C(SC)=C(C)C)cc1. The molecule has 0 fully saturated rings. The summed E-state index contributed by atoms with van der Waals surface area (Å²) in [6, 6.07) is 8.87. The van der Waals surface area contributed by atoms with Crippen LogP contribution in [0, 0.1) is 0 Å². The average Bonchev–Trinajstić information content (AvgIpc) is 2.19. The molecule has 0 saturated heterocycles. The second kappa shape index (κ2) is 5.26. The van der Waals surface area contributed by atoms with Crippen LogP contribution in [0.25, 0.3) is 4.91 Å². The molecule has 76 valence electrons. The molecule has 0 saturated carbocycles. The van der Waals surface area contributed by atoms with Gasteiger partial charge in [-0.3, -0.25) is 0 Å². The van der Waals surface area contributed by atoms with Crippen molar-refractivity contribution in [3.63, 3.8) is 0 Å². The summed E-state index contributed by atoms with van der Waals surface area (Å²) in [6.07, 6.45) is 3.25. The van der Waals surface area contributed by atoms with E-state index in [0.717, 1.165) is 6.42 Å². The summed E-state index contributed by atoms with van der Waals surface area (Å²) in [4.78, 5) is 1.40. The van der Waals surface area contributed by atoms with Crippen molar-refractivity contribution < 1.29 is 0 Å². The quantitative estimate of drug-likeness (QED) is 0.708. The fourth-order valence-corrected chi connectivity index (χ4v) is 2.28. The summed E-state index contributed by atoms with van der Waals surface area (Å²) in [6.45, 7) is 6.52. The van der Waals surface area contributed by atoms with Gasteiger partial charge in [0.2, 0.25) is 0 Å². The minimum atomic E-state index is 1.11. The van der Waals surface area contributed by atoms with Gasteiger partial charge < -0.3 is 0 Å². The van der Waals surface area contributed by atoms with Crippen molar-refractivity contribution in [1.82, 2.24) is 0 Å². The largest absolute Gasteiger partial charge is 0.129 e. The third-order valence-electron chi connectivity index (χ3n) is 2.28. The Hall–Kier alpha value is -0.690. The van der Waals surface area contributed by atoms with E-state index in [1.165, 1.54) is 21.6 Å². The van der Waals surface area contributed by atoms with E-state index in [0.29, 0.717) is 0 Å². The number of aryl methyl sites for hydroxylation is 1. The predicted octanol–water partition coefficient (Wildman–Crippen LogP) is 4.36. The molecule has 0 spiro atoms. The number of rotatable bonds is 3. The van der Waals surface area contributed by atoms with Crippen LogP contribution in [0.2, 0.25) is 0 Å². The molecule has 0 bridgehead atoms. The van der Waals surface area contributed by atoms with Crippen LogP contribution in [-0.4, -0.2) is 6.26 Å². The lowest BCUT2D eigenvalue weighted by Gasteiger charge is -2.07. The highest BCUT2D eigenvalue weighted by molar-refractivity contribution is 8.07. The molecule has 0 amide bonds. The predicted molar refractivity (Wildman–Crippen MR) is 67.6 cm³/mol. The van der Waals surface area contributed by atoms with Gasteiger partial charge in [0.1, 0.15) is 0 Å². The fraction of sp³-hybridized carbons (Fsp3) is 0.385. The van der Waals surface area contributed by atoms with Gasteiger partial charge in [0.15, 0.2) is 0 Å². The van der Waals surface area contributed by atoms with Crippen LogP contribution < -0.4 is 0 Å². The standard InChI is InChI=1S/C13H18S/c1-5-11-6-8-12(9-7-11)13(14-4)10(2)3/h6-9H,5H2,1-4H3. The zero-order valence-electron chi connectivity index (χ0n) is 9.42. The molecule has 1 heteroatoms. The van der Waals surface area contributed by atoms with E-state index in [4.69, 9.17) is 0 Å². The first kappa shape index (κ1) is 11.4. The molecule has 0 nitrogen and oxygen atoms in total. The third-order valence-corrected chi connectivity index (χ3v) is 3.33. The molecule has 0 unspecified atom stereocenters. The Balaban J connectivity index is 3.02. The monoisotopic (exact) mass is 206 g/mol. The lowest BCUT2D eigenvalue weighted by atomic mass is 10.1. The van der Waals surface area contributed by atoms with Crippen molar-refractivity contribution in [2.75, 3.05) is 6.26 Å². The van der Waals surface area contributed by atoms with E-state index in [-0.39, 0.29) is 0 Å². The lowest BCUT2D eigenvalue weighted by molar-refractivity contribution is 1.14. The van der Waals surface area contributed by atoms with Gasteiger partial charge in [0, 0.05) is 4.91 Å². The molecule has 0 aliphatic rings. The Labute approximate surface area is 91.4 Å². The van der Waals surface area contributed by atoms with Crippen molar-refractivity contribution in [1.29, 1.82) is 0 Å². The first-order valence-corrected chi connectivity index (χ1v) is 6.22. The highest BCUT2D eigenvalue weighted by Crippen LogP contribution is 2.28.